The van der Waals surface area contributed by atoms with Crippen LogP contribution in [0.15, 0.2) is 48.5 Å². The van der Waals surface area contributed by atoms with E-state index < -0.39 is 11.0 Å². The van der Waals surface area contributed by atoms with Crippen molar-refractivity contribution in [1.82, 2.24) is 4.72 Å². The van der Waals surface area contributed by atoms with E-state index in [-0.39, 0.29) is 11.4 Å². The smallest absolute Gasteiger partial charge is 0.119 e. The van der Waals surface area contributed by atoms with Crippen LogP contribution in [0, 0.1) is 11.3 Å². The Morgan fingerprint density at radius 1 is 1.04 bits per heavy atom. The first-order chi connectivity index (χ1) is 11.5. The maximum absolute atomic E-state index is 11.7. The lowest BCUT2D eigenvalue weighted by atomic mass is 10.0. The van der Waals surface area contributed by atoms with Crippen LogP contribution in [0.5, 0.6) is 5.75 Å². The van der Waals surface area contributed by atoms with Crippen molar-refractivity contribution in [1.29, 1.82) is 5.26 Å². The number of rotatable bonds is 7. The third-order valence-corrected chi connectivity index (χ3v) is 4.79. The van der Waals surface area contributed by atoms with Gasteiger partial charge in [-0.1, -0.05) is 24.3 Å². The highest BCUT2D eigenvalue weighted by molar-refractivity contribution is 7.83. The molecule has 0 radical (unpaired) electrons. The first-order valence-electron chi connectivity index (χ1n) is 7.91. The van der Waals surface area contributed by atoms with Crippen molar-refractivity contribution in [3.05, 3.63) is 54.1 Å². The molecule has 24 heavy (non-hydrogen) atoms. The van der Waals surface area contributed by atoms with Crippen LogP contribution in [0.25, 0.3) is 11.1 Å². The summed E-state index contributed by atoms with van der Waals surface area (Å²) in [5.41, 5.74) is 2.78. The summed E-state index contributed by atoms with van der Waals surface area (Å²) in [6.07, 6.45) is -0.0755. The van der Waals surface area contributed by atoms with Crippen LogP contribution >= 0.6 is 0 Å². The van der Waals surface area contributed by atoms with Crippen LogP contribution in [0.1, 0.15) is 26.3 Å². The summed E-state index contributed by atoms with van der Waals surface area (Å²) >= 11 is 0. The van der Waals surface area contributed by atoms with Crippen LogP contribution in [-0.2, 0) is 11.0 Å². The Morgan fingerprint density at radius 2 is 1.58 bits per heavy atom. The van der Waals surface area contributed by atoms with Gasteiger partial charge in [-0.15, -0.1) is 0 Å². The normalized spacial score (nSPS) is 13.3. The molecule has 4 nitrogen and oxygen atoms in total. The minimum absolute atomic E-state index is 0.0755. The molecule has 0 spiro atoms. The fourth-order valence-electron chi connectivity index (χ4n) is 2.10. The third-order valence-electron chi connectivity index (χ3n) is 3.48. The molecule has 2 unspecified atom stereocenters. The number of benzene rings is 2. The van der Waals surface area contributed by atoms with E-state index >= 15 is 0 Å². The lowest BCUT2D eigenvalue weighted by Crippen LogP contribution is -2.33. The summed E-state index contributed by atoms with van der Waals surface area (Å²) in [6.45, 7) is 6.30. The van der Waals surface area contributed by atoms with E-state index in [2.05, 4.69) is 10.8 Å². The van der Waals surface area contributed by atoms with Gasteiger partial charge in [-0.2, -0.15) is 5.26 Å². The zero-order chi connectivity index (χ0) is 17.5. The fraction of sp³-hybridized carbons (Fsp3) is 0.316. The Labute approximate surface area is 146 Å². The van der Waals surface area contributed by atoms with E-state index in [1.54, 1.807) is 0 Å². The summed E-state index contributed by atoms with van der Waals surface area (Å²) in [6, 6.07) is 17.4. The Balaban J connectivity index is 1.94. The minimum atomic E-state index is -1.03. The summed E-state index contributed by atoms with van der Waals surface area (Å²) < 4.78 is 20.5. The van der Waals surface area contributed by atoms with Crippen LogP contribution in [0.3, 0.4) is 0 Å². The van der Waals surface area contributed by atoms with Crippen molar-refractivity contribution in [2.75, 3.05) is 6.54 Å². The van der Waals surface area contributed by atoms with E-state index in [1.165, 1.54) is 0 Å². The summed E-state index contributed by atoms with van der Waals surface area (Å²) in [4.78, 5) is 0. The quantitative estimate of drug-likeness (QED) is 0.835. The number of nitriles is 1. The van der Waals surface area contributed by atoms with Gasteiger partial charge in [-0.3, -0.25) is 0 Å². The van der Waals surface area contributed by atoms with Gasteiger partial charge in [0.25, 0.3) is 0 Å². The zero-order valence-corrected chi connectivity index (χ0v) is 15.0. The summed E-state index contributed by atoms with van der Waals surface area (Å²) in [5.74, 6) is 0.775. The van der Waals surface area contributed by atoms with Crippen molar-refractivity contribution < 1.29 is 8.95 Å². The predicted octanol–water partition coefficient (Wildman–Crippen LogP) is 3.65. The number of hydrogen-bond acceptors (Lipinski definition) is 3. The lowest BCUT2D eigenvalue weighted by Gasteiger charge is -2.16. The monoisotopic (exact) mass is 342 g/mol. The van der Waals surface area contributed by atoms with Gasteiger partial charge in [0, 0.05) is 11.8 Å². The highest BCUT2D eigenvalue weighted by Gasteiger charge is 2.09. The molecule has 0 amide bonds. The van der Waals surface area contributed by atoms with E-state index in [0.717, 1.165) is 16.9 Å². The second kappa shape index (κ2) is 8.62. The molecule has 2 atom stereocenters. The van der Waals surface area contributed by atoms with Gasteiger partial charge in [0.1, 0.15) is 11.9 Å². The Kier molecular flexibility index (Phi) is 6.53. The van der Waals surface area contributed by atoms with Crippen LogP contribution in [-0.4, -0.2) is 22.1 Å². The molecule has 0 bridgehead atoms. The van der Waals surface area contributed by atoms with Gasteiger partial charge in [-0.25, -0.2) is 8.93 Å². The zero-order valence-electron chi connectivity index (χ0n) is 14.2. The van der Waals surface area contributed by atoms with Crippen molar-refractivity contribution in [3.8, 4) is 22.9 Å². The molecule has 0 heterocycles. The van der Waals surface area contributed by atoms with Crippen molar-refractivity contribution in [3.63, 3.8) is 0 Å². The molecule has 0 aromatic heterocycles. The average molecular weight is 342 g/mol. The molecule has 2 aromatic rings. The topological polar surface area (TPSA) is 62.1 Å². The summed E-state index contributed by atoms with van der Waals surface area (Å²) in [5, 5.41) is 8.92. The minimum Gasteiger partial charge on any atom is -0.489 e. The first kappa shape index (κ1) is 18.2. The lowest BCUT2D eigenvalue weighted by molar-refractivity contribution is 0.225. The largest absolute Gasteiger partial charge is 0.489 e. The van der Waals surface area contributed by atoms with E-state index in [9.17, 15) is 4.21 Å². The highest BCUT2D eigenvalue weighted by atomic mass is 32.2. The second-order valence-corrected chi connectivity index (χ2v) is 7.66. The molecule has 0 saturated heterocycles. The number of nitrogens with one attached hydrogen (secondary N) is 1. The number of nitrogens with zero attached hydrogens (tertiary/aromatic N) is 1. The van der Waals surface area contributed by atoms with Gasteiger partial charge < -0.3 is 4.74 Å². The van der Waals surface area contributed by atoms with Gasteiger partial charge in [0.15, 0.2) is 0 Å². The summed E-state index contributed by atoms with van der Waals surface area (Å²) in [7, 11) is -1.03. The molecular weight excluding hydrogens is 320 g/mol. The Bertz CT molecular complexity index is 719. The Morgan fingerprint density at radius 3 is 2.08 bits per heavy atom. The van der Waals surface area contributed by atoms with Crippen molar-refractivity contribution >= 4 is 11.0 Å². The van der Waals surface area contributed by atoms with Gasteiger partial charge in [0.05, 0.1) is 22.6 Å². The molecule has 0 aliphatic carbocycles. The molecule has 5 heteroatoms. The Hall–Kier alpha value is -2.16. The maximum Gasteiger partial charge on any atom is 0.119 e. The molecule has 126 valence electrons. The first-order valence-corrected chi connectivity index (χ1v) is 9.12. The molecule has 0 fully saturated rings. The van der Waals surface area contributed by atoms with Crippen molar-refractivity contribution in [2.45, 2.75) is 32.1 Å². The van der Waals surface area contributed by atoms with Crippen LogP contribution in [0.4, 0.5) is 0 Å². The third kappa shape index (κ3) is 5.19. The molecule has 0 aliphatic heterocycles. The second-order valence-electron chi connectivity index (χ2n) is 5.84. The average Bonchev–Trinajstić information content (AvgIpc) is 2.60. The van der Waals surface area contributed by atoms with Gasteiger partial charge in [-0.05, 0) is 56.2 Å². The highest BCUT2D eigenvalue weighted by Crippen LogP contribution is 2.23. The standard InChI is InChI=1S/C19H22N2O2S/c1-14(2)24(22)21-13-15(3)23-19-10-8-18(9-11-19)17-6-4-16(12-20)5-7-17/h4-11,14-15,21H,13H2,1-3H3. The molecule has 0 saturated carbocycles. The van der Waals surface area contributed by atoms with Crippen LogP contribution < -0.4 is 9.46 Å². The number of hydrogen-bond donors (Lipinski definition) is 1. The molecule has 1 N–H and O–H groups in total. The van der Waals surface area contributed by atoms with Crippen LogP contribution in [0.2, 0.25) is 0 Å². The predicted molar refractivity (Wildman–Crippen MR) is 98.0 cm³/mol. The SMILES string of the molecule is CC(CNS(=O)C(C)C)Oc1ccc(-c2ccc(C#N)cc2)cc1. The molecule has 0 aliphatic rings. The van der Waals surface area contributed by atoms with E-state index in [0.29, 0.717) is 12.1 Å². The van der Waals surface area contributed by atoms with Gasteiger partial charge in [0.2, 0.25) is 0 Å². The van der Waals surface area contributed by atoms with E-state index in [1.807, 2.05) is 69.3 Å². The van der Waals surface area contributed by atoms with Crippen molar-refractivity contribution in [2.24, 2.45) is 0 Å². The number of ether oxygens (including phenoxy) is 1. The van der Waals surface area contributed by atoms with E-state index in [4.69, 9.17) is 10.00 Å². The molecular formula is C19H22N2O2S. The van der Waals surface area contributed by atoms with Gasteiger partial charge >= 0.3 is 0 Å². The molecule has 2 rings (SSSR count). The maximum atomic E-state index is 11.7. The molecule has 2 aromatic carbocycles. The fourth-order valence-corrected chi connectivity index (χ4v) is 2.84.